The first kappa shape index (κ1) is 16.9. The van der Waals surface area contributed by atoms with Gasteiger partial charge in [-0.25, -0.2) is 4.79 Å². The normalized spacial score (nSPS) is 26.6. The smallest absolute Gasteiger partial charge is 0.318 e. The van der Waals surface area contributed by atoms with E-state index in [1.165, 1.54) is 0 Å². The highest BCUT2D eigenvalue weighted by Gasteiger charge is 2.35. The van der Waals surface area contributed by atoms with Gasteiger partial charge in [-0.3, -0.25) is 0 Å². The molecule has 1 unspecified atom stereocenters. The van der Waals surface area contributed by atoms with Crippen molar-refractivity contribution in [3.05, 3.63) is 17.8 Å². The average Bonchev–Trinajstić information content (AvgIpc) is 3.23. The molecule has 0 radical (unpaired) electrons. The number of aromatic nitrogens is 2. The molecule has 1 aromatic heterocycles. The Hall–Kier alpha value is -1.93. The van der Waals surface area contributed by atoms with Gasteiger partial charge in [0.25, 0.3) is 0 Å². The number of amides is 2. The minimum absolute atomic E-state index is 0.0305. The molecule has 3 heterocycles. The van der Waals surface area contributed by atoms with Gasteiger partial charge in [0.15, 0.2) is 5.82 Å². The minimum Gasteiger partial charge on any atom is -0.377 e. The zero-order valence-corrected chi connectivity index (χ0v) is 14.4. The first-order valence-corrected chi connectivity index (χ1v) is 8.28. The van der Waals surface area contributed by atoms with Crippen molar-refractivity contribution in [2.24, 2.45) is 0 Å². The van der Waals surface area contributed by atoms with Crippen molar-refractivity contribution in [3.63, 3.8) is 0 Å². The van der Waals surface area contributed by atoms with E-state index in [0.29, 0.717) is 13.2 Å². The van der Waals surface area contributed by atoms with Crippen LogP contribution in [0.3, 0.4) is 0 Å². The van der Waals surface area contributed by atoms with Crippen LogP contribution >= 0.6 is 0 Å². The van der Waals surface area contributed by atoms with Crippen molar-refractivity contribution in [2.75, 3.05) is 45.9 Å². The third-order valence-electron chi connectivity index (χ3n) is 4.62. The maximum Gasteiger partial charge on any atom is 0.318 e. The van der Waals surface area contributed by atoms with Crippen molar-refractivity contribution in [3.8, 4) is 0 Å². The van der Waals surface area contributed by atoms with Gasteiger partial charge >= 0.3 is 6.03 Å². The SMILES string of the molecule is CO[C@@H]1COC[C@@H]1NC(=O)N1CCCC1c1ccc(N(C)C)nn1. The third-order valence-corrected chi connectivity index (χ3v) is 4.62. The van der Waals surface area contributed by atoms with Crippen LogP contribution in [0.15, 0.2) is 12.1 Å². The molecule has 3 atom stereocenters. The molecule has 0 saturated carbocycles. The van der Waals surface area contributed by atoms with Crippen molar-refractivity contribution >= 4 is 11.8 Å². The van der Waals surface area contributed by atoms with Crippen LogP contribution in [0.4, 0.5) is 10.6 Å². The summed E-state index contributed by atoms with van der Waals surface area (Å²) in [5, 5.41) is 11.6. The molecule has 2 aliphatic heterocycles. The zero-order chi connectivity index (χ0) is 17.1. The van der Waals surface area contributed by atoms with Crippen molar-refractivity contribution in [2.45, 2.75) is 31.0 Å². The number of urea groups is 1. The van der Waals surface area contributed by atoms with Crippen LogP contribution in [0.25, 0.3) is 0 Å². The summed E-state index contributed by atoms with van der Waals surface area (Å²) in [5.41, 5.74) is 0.833. The summed E-state index contributed by atoms with van der Waals surface area (Å²) in [4.78, 5) is 16.4. The van der Waals surface area contributed by atoms with E-state index >= 15 is 0 Å². The predicted octanol–water partition coefficient (Wildman–Crippen LogP) is 0.803. The van der Waals surface area contributed by atoms with Crippen LogP contribution in [-0.4, -0.2) is 74.2 Å². The Balaban J connectivity index is 1.67. The Kier molecular flexibility index (Phi) is 5.15. The van der Waals surface area contributed by atoms with Crippen LogP contribution in [0.5, 0.6) is 0 Å². The van der Waals surface area contributed by atoms with E-state index in [1.54, 1.807) is 7.11 Å². The molecular weight excluding hydrogens is 310 g/mol. The molecule has 24 heavy (non-hydrogen) atoms. The summed E-state index contributed by atoms with van der Waals surface area (Å²) >= 11 is 0. The number of hydrogen-bond acceptors (Lipinski definition) is 6. The molecule has 132 valence electrons. The van der Waals surface area contributed by atoms with Gasteiger partial charge < -0.3 is 24.6 Å². The van der Waals surface area contributed by atoms with Crippen molar-refractivity contribution in [1.29, 1.82) is 0 Å². The lowest BCUT2D eigenvalue weighted by Gasteiger charge is -2.27. The summed E-state index contributed by atoms with van der Waals surface area (Å²) in [6.07, 6.45) is 1.77. The van der Waals surface area contributed by atoms with E-state index in [1.807, 2.05) is 36.0 Å². The Morgan fingerprint density at radius 1 is 1.38 bits per heavy atom. The number of carbonyl (C=O) groups is 1. The molecular formula is C16H25N5O3. The van der Waals surface area contributed by atoms with Gasteiger partial charge in [0.2, 0.25) is 0 Å². The number of nitrogens with one attached hydrogen (secondary N) is 1. The predicted molar refractivity (Wildman–Crippen MR) is 89.0 cm³/mol. The van der Waals surface area contributed by atoms with Crippen molar-refractivity contribution < 1.29 is 14.3 Å². The Morgan fingerprint density at radius 3 is 2.88 bits per heavy atom. The molecule has 0 spiro atoms. The molecule has 2 saturated heterocycles. The number of nitrogens with zero attached hydrogens (tertiary/aromatic N) is 4. The van der Waals surface area contributed by atoms with E-state index in [2.05, 4.69) is 15.5 Å². The second-order valence-corrected chi connectivity index (χ2v) is 6.43. The van der Waals surface area contributed by atoms with Crippen LogP contribution in [0.1, 0.15) is 24.6 Å². The highest BCUT2D eigenvalue weighted by atomic mass is 16.5. The molecule has 2 fully saturated rings. The first-order valence-electron chi connectivity index (χ1n) is 8.28. The molecule has 0 aromatic carbocycles. The van der Waals surface area contributed by atoms with Crippen molar-refractivity contribution in [1.82, 2.24) is 20.4 Å². The number of rotatable bonds is 4. The molecule has 3 rings (SSSR count). The molecule has 8 nitrogen and oxygen atoms in total. The molecule has 1 aromatic rings. The molecule has 2 amide bonds. The van der Waals surface area contributed by atoms with E-state index < -0.39 is 0 Å². The molecule has 2 aliphatic rings. The standard InChI is InChI=1S/C16H25N5O3/c1-20(2)15-7-6-11(18-19-15)13-5-4-8-21(13)16(22)17-12-9-24-10-14(12)23-3/h6-7,12-14H,4-5,8-10H2,1-3H3,(H,17,22)/t12-,13?,14+/m0/s1. The second kappa shape index (κ2) is 7.31. The summed E-state index contributed by atoms with van der Waals surface area (Å²) < 4.78 is 10.7. The molecule has 8 heteroatoms. The summed E-state index contributed by atoms with van der Waals surface area (Å²) in [6, 6.07) is 3.66. The molecule has 1 N–H and O–H groups in total. The Morgan fingerprint density at radius 2 is 2.21 bits per heavy atom. The lowest BCUT2D eigenvalue weighted by atomic mass is 10.1. The molecule has 0 bridgehead atoms. The minimum atomic E-state index is -0.106. The van der Waals surface area contributed by atoms with Crippen LogP contribution < -0.4 is 10.2 Å². The number of ether oxygens (including phenoxy) is 2. The number of methoxy groups -OCH3 is 1. The summed E-state index contributed by atoms with van der Waals surface area (Å²) in [6.45, 7) is 1.72. The second-order valence-electron chi connectivity index (χ2n) is 6.43. The van der Waals surface area contributed by atoms with Gasteiger partial charge in [-0.1, -0.05) is 0 Å². The van der Waals surface area contributed by atoms with Gasteiger partial charge in [0.1, 0.15) is 6.10 Å². The lowest BCUT2D eigenvalue weighted by molar-refractivity contribution is 0.0733. The van der Waals surface area contributed by atoms with E-state index in [-0.39, 0.29) is 24.2 Å². The fourth-order valence-electron chi connectivity index (χ4n) is 3.21. The van der Waals surface area contributed by atoms with E-state index in [0.717, 1.165) is 30.9 Å². The van der Waals surface area contributed by atoms with Crippen LogP contribution in [0, 0.1) is 0 Å². The zero-order valence-electron chi connectivity index (χ0n) is 14.4. The van der Waals surface area contributed by atoms with Crippen LogP contribution in [-0.2, 0) is 9.47 Å². The lowest BCUT2D eigenvalue weighted by Crippen LogP contribution is -2.49. The van der Waals surface area contributed by atoms with Crippen LogP contribution in [0.2, 0.25) is 0 Å². The quantitative estimate of drug-likeness (QED) is 0.877. The Labute approximate surface area is 142 Å². The molecule has 0 aliphatic carbocycles. The number of likely N-dealkylation sites (tertiary alicyclic amines) is 1. The van der Waals surface area contributed by atoms with Gasteiger partial charge in [0, 0.05) is 27.7 Å². The highest BCUT2D eigenvalue weighted by Crippen LogP contribution is 2.31. The summed E-state index contributed by atoms with van der Waals surface area (Å²) in [5.74, 6) is 0.804. The van der Waals surface area contributed by atoms with Gasteiger partial charge in [-0.2, -0.15) is 5.10 Å². The van der Waals surface area contributed by atoms with E-state index in [9.17, 15) is 4.79 Å². The fraction of sp³-hybridized carbons (Fsp3) is 0.688. The topological polar surface area (TPSA) is 79.8 Å². The highest BCUT2D eigenvalue weighted by molar-refractivity contribution is 5.75. The third kappa shape index (κ3) is 3.44. The van der Waals surface area contributed by atoms with Gasteiger partial charge in [-0.15, -0.1) is 5.10 Å². The number of anilines is 1. The maximum absolute atomic E-state index is 12.7. The fourth-order valence-corrected chi connectivity index (χ4v) is 3.21. The largest absolute Gasteiger partial charge is 0.377 e. The summed E-state index contributed by atoms with van der Waals surface area (Å²) in [7, 11) is 5.49. The Bertz CT molecular complexity index is 565. The average molecular weight is 335 g/mol. The monoisotopic (exact) mass is 335 g/mol. The van der Waals surface area contributed by atoms with E-state index in [4.69, 9.17) is 9.47 Å². The number of hydrogen-bond donors (Lipinski definition) is 1. The first-order chi connectivity index (χ1) is 11.6. The number of carbonyl (C=O) groups excluding carboxylic acids is 1. The maximum atomic E-state index is 12.7. The van der Waals surface area contributed by atoms with Gasteiger partial charge in [-0.05, 0) is 25.0 Å². The van der Waals surface area contributed by atoms with Gasteiger partial charge in [0.05, 0.1) is 31.0 Å².